The number of aliphatic hydroxyl groups excluding tert-OH is 1. The minimum atomic E-state index is -2.50. The zero-order valence-corrected chi connectivity index (χ0v) is 14.6. The number of aliphatic hydroxyl groups is 1. The van der Waals surface area contributed by atoms with Gasteiger partial charge < -0.3 is 5.11 Å². The summed E-state index contributed by atoms with van der Waals surface area (Å²) >= 11 is 0. The van der Waals surface area contributed by atoms with Crippen molar-refractivity contribution in [2.24, 2.45) is 4.36 Å². The largest absolute Gasteiger partial charge is 0.506 e. The van der Waals surface area contributed by atoms with Crippen LogP contribution in [-0.4, -0.2) is 32.4 Å². The maximum atomic E-state index is 14.8. The topological polar surface area (TPSA) is 83.8 Å². The average molecular weight is 365 g/mol. The molecule has 1 aliphatic carbocycles. The quantitative estimate of drug-likeness (QED) is 0.492. The van der Waals surface area contributed by atoms with E-state index in [1.807, 2.05) is 0 Å². The van der Waals surface area contributed by atoms with Crippen LogP contribution in [0.1, 0.15) is 44.1 Å². The first-order valence-electron chi connectivity index (χ1n) is 8.42. The third kappa shape index (κ3) is 3.66. The fourth-order valence-corrected chi connectivity index (χ4v) is 5.39. The van der Waals surface area contributed by atoms with Crippen molar-refractivity contribution >= 4 is 32.7 Å². The number of benzene rings is 1. The van der Waals surface area contributed by atoms with Crippen molar-refractivity contribution in [3.63, 3.8) is 0 Å². The molecule has 0 spiro atoms. The molecule has 1 saturated heterocycles. The van der Waals surface area contributed by atoms with Gasteiger partial charge in [0.05, 0.1) is 15.3 Å². The van der Waals surface area contributed by atoms with Gasteiger partial charge in [-0.3, -0.25) is 9.59 Å². The van der Waals surface area contributed by atoms with Crippen LogP contribution in [0.3, 0.4) is 0 Å². The van der Waals surface area contributed by atoms with Crippen molar-refractivity contribution < 1.29 is 23.3 Å². The van der Waals surface area contributed by atoms with Crippen LogP contribution in [0.25, 0.3) is 5.76 Å². The second kappa shape index (κ2) is 7.07. The molecule has 2 fully saturated rings. The summed E-state index contributed by atoms with van der Waals surface area (Å²) in [5, 5.41) is 10.3. The summed E-state index contributed by atoms with van der Waals surface area (Å²) in [5.41, 5.74) is -0.699. The molecule has 7 heteroatoms. The maximum absolute atomic E-state index is 14.8. The van der Waals surface area contributed by atoms with Crippen LogP contribution in [0, 0.1) is 5.82 Å². The number of allylic oxidation sites excluding steroid dienone is 1. The molecule has 0 unspecified atom stereocenters. The minimum Gasteiger partial charge on any atom is -0.506 e. The molecule has 1 aromatic carbocycles. The summed E-state index contributed by atoms with van der Waals surface area (Å²) in [6.45, 7) is 0. The second-order valence-corrected chi connectivity index (χ2v) is 8.94. The second-order valence-electron chi connectivity index (χ2n) is 6.39. The molecule has 3 rings (SSSR count). The molecule has 0 amide bonds. The van der Waals surface area contributed by atoms with Crippen molar-refractivity contribution in [2.45, 2.75) is 38.5 Å². The Morgan fingerprint density at radius 2 is 1.68 bits per heavy atom. The summed E-state index contributed by atoms with van der Waals surface area (Å²) in [4.78, 5) is 23.9. The van der Waals surface area contributed by atoms with Gasteiger partial charge in [0.1, 0.15) is 17.0 Å². The van der Waals surface area contributed by atoms with Crippen molar-refractivity contribution in [1.82, 2.24) is 0 Å². The van der Waals surface area contributed by atoms with Crippen molar-refractivity contribution in [3.8, 4) is 0 Å². The van der Waals surface area contributed by atoms with Gasteiger partial charge in [0, 0.05) is 24.3 Å². The molecule has 2 aliphatic rings. The molecule has 5 nitrogen and oxygen atoms in total. The van der Waals surface area contributed by atoms with E-state index in [2.05, 4.69) is 4.36 Å². The Morgan fingerprint density at radius 3 is 2.32 bits per heavy atom. The highest BCUT2D eigenvalue weighted by atomic mass is 32.2. The van der Waals surface area contributed by atoms with Crippen molar-refractivity contribution in [3.05, 3.63) is 35.2 Å². The van der Waals surface area contributed by atoms with E-state index >= 15 is 0 Å². The monoisotopic (exact) mass is 365 g/mol. The van der Waals surface area contributed by atoms with Gasteiger partial charge in [-0.15, -0.1) is 0 Å². The minimum absolute atomic E-state index is 0.104. The Kier molecular flexibility index (Phi) is 5.03. The zero-order chi connectivity index (χ0) is 18.0. The highest BCUT2D eigenvalue weighted by molar-refractivity contribution is 7.93. The summed E-state index contributed by atoms with van der Waals surface area (Å²) in [5.74, 6) is -1.60. The van der Waals surface area contributed by atoms with Crippen LogP contribution in [0.4, 0.5) is 10.1 Å². The van der Waals surface area contributed by atoms with Gasteiger partial charge in [0.2, 0.25) is 0 Å². The highest BCUT2D eigenvalue weighted by Gasteiger charge is 2.29. The number of ketones is 2. The van der Waals surface area contributed by atoms with Crippen LogP contribution >= 0.6 is 0 Å². The Bertz CT molecular complexity index is 851. The predicted octanol–water partition coefficient (Wildman–Crippen LogP) is 3.70. The fraction of sp³-hybridized carbons (Fsp3) is 0.444. The van der Waals surface area contributed by atoms with Crippen LogP contribution in [0.5, 0.6) is 0 Å². The van der Waals surface area contributed by atoms with E-state index < -0.39 is 32.9 Å². The maximum Gasteiger partial charge on any atom is 0.170 e. The first-order valence-corrected chi connectivity index (χ1v) is 10.3. The first-order chi connectivity index (χ1) is 11.9. The number of rotatable bonds is 2. The summed E-state index contributed by atoms with van der Waals surface area (Å²) < 4.78 is 31.6. The fourth-order valence-electron chi connectivity index (χ4n) is 3.19. The number of carbonyl (C=O) groups is 2. The van der Waals surface area contributed by atoms with E-state index in [-0.39, 0.29) is 29.7 Å². The molecule has 0 atom stereocenters. The number of carbonyl (C=O) groups excluding carboxylic acids is 2. The Labute approximate surface area is 146 Å². The predicted molar refractivity (Wildman–Crippen MR) is 93.6 cm³/mol. The summed E-state index contributed by atoms with van der Waals surface area (Å²) in [7, 11) is -2.50. The molecular formula is C18H20FNO4S. The Morgan fingerprint density at radius 1 is 1.04 bits per heavy atom. The summed E-state index contributed by atoms with van der Waals surface area (Å²) in [6.07, 6.45) is 3.33. The van der Waals surface area contributed by atoms with Gasteiger partial charge in [-0.1, -0.05) is 12.5 Å². The lowest BCUT2D eigenvalue weighted by atomic mass is 9.89. The molecule has 0 bridgehead atoms. The van der Waals surface area contributed by atoms with Crippen LogP contribution in [0.2, 0.25) is 0 Å². The number of hydrogen-bond donors (Lipinski definition) is 1. The molecule has 134 valence electrons. The van der Waals surface area contributed by atoms with Crippen molar-refractivity contribution in [1.29, 1.82) is 0 Å². The molecule has 1 heterocycles. The average Bonchev–Trinajstić information content (AvgIpc) is 2.57. The number of hydrogen-bond acceptors (Lipinski definition) is 5. The molecule has 1 aromatic rings. The lowest BCUT2D eigenvalue weighted by Crippen LogP contribution is -2.20. The molecule has 25 heavy (non-hydrogen) atoms. The van der Waals surface area contributed by atoms with Gasteiger partial charge in [0.15, 0.2) is 17.4 Å². The number of Topliss-reactive ketones (excluding diaryl/α,β-unsaturated/α-hetero) is 2. The van der Waals surface area contributed by atoms with Gasteiger partial charge in [-0.2, -0.15) is 4.36 Å². The number of halogens is 1. The molecule has 1 aliphatic heterocycles. The smallest absolute Gasteiger partial charge is 0.170 e. The number of nitrogens with zero attached hydrogens (tertiary/aromatic N) is 1. The van der Waals surface area contributed by atoms with E-state index in [1.165, 1.54) is 18.2 Å². The van der Waals surface area contributed by atoms with E-state index in [0.29, 0.717) is 17.9 Å². The van der Waals surface area contributed by atoms with Crippen LogP contribution in [0.15, 0.2) is 28.1 Å². The molecule has 1 saturated carbocycles. The molecule has 0 aromatic heterocycles. The Hall–Kier alpha value is -2.02. The van der Waals surface area contributed by atoms with Gasteiger partial charge in [0.25, 0.3) is 0 Å². The van der Waals surface area contributed by atoms with Crippen molar-refractivity contribution in [2.75, 3.05) is 11.5 Å². The Balaban J connectivity index is 2.07. The van der Waals surface area contributed by atoms with Gasteiger partial charge in [-0.25, -0.2) is 8.60 Å². The third-order valence-electron chi connectivity index (χ3n) is 4.53. The highest BCUT2D eigenvalue weighted by Crippen LogP contribution is 2.31. The lowest BCUT2D eigenvalue weighted by Gasteiger charge is -2.16. The van der Waals surface area contributed by atoms with Gasteiger partial charge >= 0.3 is 0 Å². The molecular weight excluding hydrogens is 345 g/mol. The summed E-state index contributed by atoms with van der Waals surface area (Å²) in [6, 6.07) is 4.15. The SMILES string of the molecule is O=C1CCCC(=O)C1=C(O)c1cccc(N=S2(=O)CCCCC2)c1F. The van der Waals surface area contributed by atoms with E-state index in [4.69, 9.17) is 0 Å². The normalized spacial score (nSPS) is 20.4. The van der Waals surface area contributed by atoms with Gasteiger partial charge in [-0.05, 0) is 31.4 Å². The molecule has 0 radical (unpaired) electrons. The standard InChI is InChI=1S/C18H20FNO4S/c19-17-12(18(23)16-14(21)8-5-9-15(16)22)6-4-7-13(17)20-25(24)10-2-1-3-11-25/h4,6-7,23H,1-3,5,8-11H2. The zero-order valence-electron chi connectivity index (χ0n) is 13.8. The third-order valence-corrected chi connectivity index (χ3v) is 6.91. The van der Waals surface area contributed by atoms with Crippen LogP contribution in [-0.2, 0) is 19.3 Å². The molecule has 1 N–H and O–H groups in total. The van der Waals surface area contributed by atoms with E-state index in [0.717, 1.165) is 19.3 Å². The van der Waals surface area contributed by atoms with E-state index in [9.17, 15) is 23.3 Å². The first kappa shape index (κ1) is 17.8. The van der Waals surface area contributed by atoms with Crippen LogP contribution < -0.4 is 0 Å². The lowest BCUT2D eigenvalue weighted by molar-refractivity contribution is -0.123. The van der Waals surface area contributed by atoms with E-state index in [1.54, 1.807) is 0 Å².